The van der Waals surface area contributed by atoms with Crippen molar-refractivity contribution < 1.29 is 15.0 Å². The first-order valence-electron chi connectivity index (χ1n) is 3.22. The fourth-order valence-electron chi connectivity index (χ4n) is 0.856. The lowest BCUT2D eigenvalue weighted by Crippen LogP contribution is -2.21. The van der Waals surface area contributed by atoms with Crippen molar-refractivity contribution in [2.75, 3.05) is 6.61 Å². The van der Waals surface area contributed by atoms with Gasteiger partial charge in [-0.2, -0.15) is 0 Å². The maximum Gasteiger partial charge on any atom is 0.329 e. The molecular formula is C7H9NO3. The zero-order chi connectivity index (χ0) is 8.27. The van der Waals surface area contributed by atoms with Gasteiger partial charge in [0.05, 0.1) is 6.61 Å². The number of aromatic nitrogens is 1. The molecule has 0 spiro atoms. The molecule has 1 aromatic heterocycles. The number of hydrogen-bond donors (Lipinski definition) is 2. The van der Waals surface area contributed by atoms with Gasteiger partial charge in [-0.05, 0) is 12.1 Å². The van der Waals surface area contributed by atoms with Crippen LogP contribution in [-0.4, -0.2) is 27.4 Å². The summed E-state index contributed by atoms with van der Waals surface area (Å²) in [6, 6.07) is 2.57. The zero-order valence-corrected chi connectivity index (χ0v) is 5.84. The molecular weight excluding hydrogens is 146 g/mol. The first-order chi connectivity index (χ1) is 5.25. The Bertz CT molecular complexity index is 230. The third-order valence-corrected chi connectivity index (χ3v) is 1.45. The Labute approximate surface area is 63.7 Å². The smallest absolute Gasteiger partial charge is 0.329 e. The second-order valence-electron chi connectivity index (χ2n) is 2.17. The molecule has 1 aromatic rings. The standard InChI is InChI=1S/C7H9NO3/c9-5-6(7(10)11)8-3-1-2-4-8/h1-4,6,9H,5H2,(H,10,11). The van der Waals surface area contributed by atoms with Crippen LogP contribution in [0.25, 0.3) is 0 Å². The maximum absolute atomic E-state index is 10.4. The molecule has 0 amide bonds. The Morgan fingerprint density at radius 3 is 2.36 bits per heavy atom. The van der Waals surface area contributed by atoms with Crippen molar-refractivity contribution in [1.29, 1.82) is 0 Å². The molecule has 0 aliphatic carbocycles. The molecule has 1 heterocycles. The Kier molecular flexibility index (Phi) is 2.28. The fraction of sp³-hybridized carbons (Fsp3) is 0.286. The van der Waals surface area contributed by atoms with Gasteiger partial charge >= 0.3 is 5.97 Å². The minimum absolute atomic E-state index is 0.385. The molecule has 0 radical (unpaired) electrons. The van der Waals surface area contributed by atoms with Gasteiger partial charge in [-0.25, -0.2) is 4.79 Å². The van der Waals surface area contributed by atoms with Crippen LogP contribution in [0.5, 0.6) is 0 Å². The van der Waals surface area contributed by atoms with Crippen LogP contribution in [0, 0.1) is 0 Å². The van der Waals surface area contributed by atoms with Gasteiger partial charge < -0.3 is 14.8 Å². The fourth-order valence-corrected chi connectivity index (χ4v) is 0.856. The van der Waals surface area contributed by atoms with Crippen LogP contribution in [0.2, 0.25) is 0 Å². The van der Waals surface area contributed by atoms with Gasteiger partial charge in [0.2, 0.25) is 0 Å². The van der Waals surface area contributed by atoms with Crippen molar-refractivity contribution >= 4 is 5.97 Å². The van der Waals surface area contributed by atoms with Crippen molar-refractivity contribution in [3.05, 3.63) is 24.5 Å². The molecule has 60 valence electrons. The lowest BCUT2D eigenvalue weighted by molar-refractivity contribution is -0.142. The van der Waals surface area contributed by atoms with Crippen molar-refractivity contribution in [3.8, 4) is 0 Å². The molecule has 0 saturated heterocycles. The van der Waals surface area contributed by atoms with Gasteiger partial charge in [-0.15, -0.1) is 0 Å². The number of aliphatic hydroxyl groups is 1. The van der Waals surface area contributed by atoms with Crippen molar-refractivity contribution in [1.82, 2.24) is 4.57 Å². The van der Waals surface area contributed by atoms with Gasteiger partial charge in [-0.1, -0.05) is 0 Å². The molecule has 4 heteroatoms. The topological polar surface area (TPSA) is 62.5 Å². The number of carboxylic acids is 1. The lowest BCUT2D eigenvalue weighted by atomic mass is 10.3. The number of carbonyl (C=O) groups is 1. The Morgan fingerprint density at radius 1 is 1.45 bits per heavy atom. The van der Waals surface area contributed by atoms with Gasteiger partial charge in [0.15, 0.2) is 6.04 Å². The van der Waals surface area contributed by atoms with Crippen molar-refractivity contribution in [2.45, 2.75) is 6.04 Å². The molecule has 11 heavy (non-hydrogen) atoms. The lowest BCUT2D eigenvalue weighted by Gasteiger charge is -2.09. The normalized spacial score (nSPS) is 12.8. The largest absolute Gasteiger partial charge is 0.480 e. The predicted octanol–water partition coefficient (Wildman–Crippen LogP) is 0.106. The second kappa shape index (κ2) is 3.21. The molecule has 1 rings (SSSR count). The van der Waals surface area contributed by atoms with Crippen molar-refractivity contribution in [3.63, 3.8) is 0 Å². The van der Waals surface area contributed by atoms with E-state index in [9.17, 15) is 4.79 Å². The maximum atomic E-state index is 10.4. The van der Waals surface area contributed by atoms with E-state index in [0.717, 1.165) is 0 Å². The van der Waals surface area contributed by atoms with Gasteiger partial charge in [0.1, 0.15) is 0 Å². The first kappa shape index (κ1) is 7.81. The van der Waals surface area contributed by atoms with E-state index in [1.54, 1.807) is 24.5 Å². The summed E-state index contributed by atoms with van der Waals surface area (Å²) in [6.07, 6.45) is 3.21. The van der Waals surface area contributed by atoms with E-state index in [4.69, 9.17) is 10.2 Å². The molecule has 2 N–H and O–H groups in total. The molecule has 0 saturated carbocycles. The average Bonchev–Trinajstić information content (AvgIpc) is 2.40. The average molecular weight is 155 g/mol. The SMILES string of the molecule is O=C(O)C(CO)n1cccc1. The third-order valence-electron chi connectivity index (χ3n) is 1.45. The van der Waals surface area contributed by atoms with Gasteiger partial charge in [0.25, 0.3) is 0 Å². The molecule has 4 nitrogen and oxygen atoms in total. The van der Waals surface area contributed by atoms with Gasteiger partial charge in [0, 0.05) is 12.4 Å². The van der Waals surface area contributed by atoms with E-state index in [0.29, 0.717) is 0 Å². The van der Waals surface area contributed by atoms with E-state index in [2.05, 4.69) is 0 Å². The van der Waals surface area contributed by atoms with Crippen LogP contribution < -0.4 is 0 Å². The Morgan fingerprint density at radius 2 is 2.00 bits per heavy atom. The number of aliphatic hydroxyl groups excluding tert-OH is 1. The summed E-state index contributed by atoms with van der Waals surface area (Å²) in [5.41, 5.74) is 0. The highest BCUT2D eigenvalue weighted by Gasteiger charge is 2.16. The molecule has 0 bridgehead atoms. The van der Waals surface area contributed by atoms with Crippen LogP contribution >= 0.6 is 0 Å². The monoisotopic (exact) mass is 155 g/mol. The first-order valence-corrected chi connectivity index (χ1v) is 3.22. The van der Waals surface area contributed by atoms with Crippen LogP contribution in [0.3, 0.4) is 0 Å². The van der Waals surface area contributed by atoms with Crippen LogP contribution in [-0.2, 0) is 4.79 Å². The summed E-state index contributed by atoms with van der Waals surface area (Å²) in [4.78, 5) is 10.4. The summed E-state index contributed by atoms with van der Waals surface area (Å²) in [5, 5.41) is 17.2. The van der Waals surface area contributed by atoms with E-state index in [-0.39, 0.29) is 6.61 Å². The predicted molar refractivity (Wildman–Crippen MR) is 38.2 cm³/mol. The molecule has 0 aromatic carbocycles. The zero-order valence-electron chi connectivity index (χ0n) is 5.84. The van der Waals surface area contributed by atoms with E-state index in [1.807, 2.05) is 0 Å². The highest BCUT2D eigenvalue weighted by atomic mass is 16.4. The highest BCUT2D eigenvalue weighted by Crippen LogP contribution is 2.05. The number of carboxylic acid groups (broad SMARTS) is 1. The minimum Gasteiger partial charge on any atom is -0.480 e. The molecule has 1 unspecified atom stereocenters. The Hall–Kier alpha value is -1.29. The van der Waals surface area contributed by atoms with Crippen LogP contribution in [0.1, 0.15) is 6.04 Å². The third kappa shape index (κ3) is 1.59. The molecule has 1 atom stereocenters. The van der Waals surface area contributed by atoms with Crippen LogP contribution in [0.4, 0.5) is 0 Å². The van der Waals surface area contributed by atoms with E-state index < -0.39 is 12.0 Å². The molecule has 0 aliphatic rings. The second-order valence-corrected chi connectivity index (χ2v) is 2.17. The Balaban J connectivity index is 2.79. The number of nitrogens with zero attached hydrogens (tertiary/aromatic N) is 1. The van der Waals surface area contributed by atoms with E-state index in [1.165, 1.54) is 4.57 Å². The van der Waals surface area contributed by atoms with Crippen molar-refractivity contribution in [2.24, 2.45) is 0 Å². The number of rotatable bonds is 3. The molecule has 0 aliphatic heterocycles. The number of hydrogen-bond acceptors (Lipinski definition) is 2. The summed E-state index contributed by atoms with van der Waals surface area (Å²) >= 11 is 0. The summed E-state index contributed by atoms with van der Waals surface area (Å²) in [6.45, 7) is -0.385. The van der Waals surface area contributed by atoms with Crippen LogP contribution in [0.15, 0.2) is 24.5 Å². The summed E-state index contributed by atoms with van der Waals surface area (Å²) in [7, 11) is 0. The summed E-state index contributed by atoms with van der Waals surface area (Å²) < 4.78 is 1.45. The number of aliphatic carboxylic acids is 1. The quantitative estimate of drug-likeness (QED) is 0.651. The minimum atomic E-state index is -1.02. The van der Waals surface area contributed by atoms with E-state index >= 15 is 0 Å². The highest BCUT2D eigenvalue weighted by molar-refractivity contribution is 5.71. The molecule has 0 fully saturated rings. The summed E-state index contributed by atoms with van der Waals surface area (Å²) in [5.74, 6) is -1.02. The van der Waals surface area contributed by atoms with Gasteiger partial charge in [-0.3, -0.25) is 0 Å².